The molecule has 1 N–H and O–H groups in total. The van der Waals surface area contributed by atoms with Gasteiger partial charge in [-0.05, 0) is 32.1 Å². The van der Waals surface area contributed by atoms with Crippen molar-refractivity contribution in [2.24, 2.45) is 5.92 Å². The molecule has 0 aromatic rings. The highest BCUT2D eigenvalue weighted by Crippen LogP contribution is 2.33. The lowest BCUT2D eigenvalue weighted by Gasteiger charge is -2.33. The van der Waals surface area contributed by atoms with Gasteiger partial charge >= 0.3 is 0 Å². The van der Waals surface area contributed by atoms with E-state index in [1.165, 1.54) is 25.8 Å². The molecule has 2 unspecified atom stereocenters. The van der Waals surface area contributed by atoms with Gasteiger partial charge in [0.2, 0.25) is 0 Å². The number of hydrogen-bond acceptors (Lipinski definition) is 3. The number of hydrogen-bond donors (Lipinski definition) is 1. The van der Waals surface area contributed by atoms with E-state index in [4.69, 9.17) is 4.74 Å². The predicted molar refractivity (Wildman–Crippen MR) is 66.7 cm³/mol. The van der Waals surface area contributed by atoms with Crippen molar-refractivity contribution < 1.29 is 4.74 Å². The summed E-state index contributed by atoms with van der Waals surface area (Å²) in [5.74, 6) is 0.979. The standard InChI is InChI=1S/C13H26N2O/c1-3-13(12-4-5-12)14-6-7-15-8-9-16-10-11(15)2/h11-14H,3-10H2,1-2H3. The van der Waals surface area contributed by atoms with Crippen LogP contribution < -0.4 is 5.32 Å². The van der Waals surface area contributed by atoms with Crippen LogP contribution in [0, 0.1) is 5.92 Å². The first-order chi connectivity index (χ1) is 7.81. The van der Waals surface area contributed by atoms with Gasteiger partial charge in [-0.3, -0.25) is 4.90 Å². The monoisotopic (exact) mass is 226 g/mol. The lowest BCUT2D eigenvalue weighted by Crippen LogP contribution is -2.47. The fourth-order valence-corrected chi connectivity index (χ4v) is 2.63. The maximum atomic E-state index is 5.45. The lowest BCUT2D eigenvalue weighted by atomic mass is 10.1. The summed E-state index contributed by atoms with van der Waals surface area (Å²) in [7, 11) is 0. The van der Waals surface area contributed by atoms with E-state index in [1.807, 2.05) is 0 Å². The molecule has 2 aliphatic rings. The SMILES string of the molecule is CCC(NCCN1CCOCC1C)C1CC1. The van der Waals surface area contributed by atoms with Crippen LogP contribution in [-0.2, 0) is 4.74 Å². The molecule has 3 heteroatoms. The van der Waals surface area contributed by atoms with Gasteiger partial charge in [-0.15, -0.1) is 0 Å². The van der Waals surface area contributed by atoms with E-state index in [1.54, 1.807) is 0 Å². The highest BCUT2D eigenvalue weighted by atomic mass is 16.5. The van der Waals surface area contributed by atoms with Crippen LogP contribution in [-0.4, -0.2) is 49.8 Å². The largest absolute Gasteiger partial charge is 0.379 e. The summed E-state index contributed by atoms with van der Waals surface area (Å²) in [6, 6.07) is 1.37. The van der Waals surface area contributed by atoms with Crippen LogP contribution in [0.2, 0.25) is 0 Å². The average molecular weight is 226 g/mol. The van der Waals surface area contributed by atoms with E-state index in [2.05, 4.69) is 24.1 Å². The molecule has 0 spiro atoms. The van der Waals surface area contributed by atoms with E-state index in [0.717, 1.165) is 38.3 Å². The fraction of sp³-hybridized carbons (Fsp3) is 1.00. The molecule has 0 aromatic carbocycles. The summed E-state index contributed by atoms with van der Waals surface area (Å²) in [6.07, 6.45) is 4.17. The van der Waals surface area contributed by atoms with Crippen LogP contribution in [0.1, 0.15) is 33.1 Å². The van der Waals surface area contributed by atoms with Gasteiger partial charge in [-0.25, -0.2) is 0 Å². The topological polar surface area (TPSA) is 24.5 Å². The minimum absolute atomic E-state index is 0.594. The van der Waals surface area contributed by atoms with E-state index >= 15 is 0 Å². The third-order valence-corrected chi connectivity index (χ3v) is 3.94. The summed E-state index contributed by atoms with van der Waals surface area (Å²) in [5, 5.41) is 3.72. The number of nitrogens with one attached hydrogen (secondary N) is 1. The molecule has 1 aliphatic carbocycles. The molecule has 16 heavy (non-hydrogen) atoms. The molecular weight excluding hydrogens is 200 g/mol. The Kier molecular flexibility index (Phi) is 4.62. The summed E-state index contributed by atoms with van der Waals surface area (Å²) in [4.78, 5) is 2.54. The molecule has 0 bridgehead atoms. The van der Waals surface area contributed by atoms with Crippen molar-refractivity contribution in [2.45, 2.75) is 45.2 Å². The first-order valence-corrected chi connectivity index (χ1v) is 6.86. The van der Waals surface area contributed by atoms with Crippen LogP contribution in [0.25, 0.3) is 0 Å². The molecule has 3 nitrogen and oxygen atoms in total. The Balaban J connectivity index is 1.62. The fourth-order valence-electron chi connectivity index (χ4n) is 2.63. The normalized spacial score (nSPS) is 29.2. The van der Waals surface area contributed by atoms with Gasteiger partial charge in [-0.2, -0.15) is 0 Å². The molecule has 1 heterocycles. The Labute approximate surface area is 99.5 Å². The minimum Gasteiger partial charge on any atom is -0.379 e. The molecule has 1 saturated heterocycles. The van der Waals surface area contributed by atoms with Crippen LogP contribution in [0.3, 0.4) is 0 Å². The van der Waals surface area contributed by atoms with Gasteiger partial charge in [0.1, 0.15) is 0 Å². The van der Waals surface area contributed by atoms with E-state index in [9.17, 15) is 0 Å². The summed E-state index contributed by atoms with van der Waals surface area (Å²) >= 11 is 0. The average Bonchev–Trinajstić information content (AvgIpc) is 3.11. The minimum atomic E-state index is 0.594. The second-order valence-corrected chi connectivity index (χ2v) is 5.27. The van der Waals surface area contributed by atoms with E-state index < -0.39 is 0 Å². The number of ether oxygens (including phenoxy) is 1. The summed E-state index contributed by atoms with van der Waals surface area (Å²) in [6.45, 7) is 9.78. The van der Waals surface area contributed by atoms with Crippen LogP contribution in [0.4, 0.5) is 0 Å². The molecule has 94 valence electrons. The second-order valence-electron chi connectivity index (χ2n) is 5.27. The summed E-state index contributed by atoms with van der Waals surface area (Å²) in [5.41, 5.74) is 0. The van der Waals surface area contributed by atoms with Crippen LogP contribution in [0.15, 0.2) is 0 Å². The molecule has 0 amide bonds. The van der Waals surface area contributed by atoms with Gasteiger partial charge in [-0.1, -0.05) is 6.92 Å². The Hall–Kier alpha value is -0.120. The van der Waals surface area contributed by atoms with Gasteiger partial charge < -0.3 is 10.1 Å². The van der Waals surface area contributed by atoms with Crippen molar-refractivity contribution in [2.75, 3.05) is 32.8 Å². The molecule has 1 aliphatic heterocycles. The molecule has 2 rings (SSSR count). The highest BCUT2D eigenvalue weighted by molar-refractivity contribution is 4.85. The van der Waals surface area contributed by atoms with E-state index in [0.29, 0.717) is 6.04 Å². The molecule has 2 atom stereocenters. The van der Waals surface area contributed by atoms with Crippen molar-refractivity contribution in [1.82, 2.24) is 10.2 Å². The zero-order valence-corrected chi connectivity index (χ0v) is 10.7. The molecule has 0 radical (unpaired) electrons. The first-order valence-electron chi connectivity index (χ1n) is 6.86. The number of morpholine rings is 1. The summed E-state index contributed by atoms with van der Waals surface area (Å²) < 4.78 is 5.45. The zero-order chi connectivity index (χ0) is 11.4. The van der Waals surface area contributed by atoms with Crippen molar-refractivity contribution in [3.05, 3.63) is 0 Å². The van der Waals surface area contributed by atoms with Crippen molar-refractivity contribution in [1.29, 1.82) is 0 Å². The van der Waals surface area contributed by atoms with Crippen molar-refractivity contribution in [3.63, 3.8) is 0 Å². The van der Waals surface area contributed by atoms with Crippen LogP contribution in [0.5, 0.6) is 0 Å². The van der Waals surface area contributed by atoms with Gasteiger partial charge in [0.15, 0.2) is 0 Å². The zero-order valence-electron chi connectivity index (χ0n) is 10.7. The van der Waals surface area contributed by atoms with Crippen LogP contribution >= 0.6 is 0 Å². The van der Waals surface area contributed by atoms with Gasteiger partial charge in [0, 0.05) is 31.7 Å². The third kappa shape index (κ3) is 3.44. The number of rotatable bonds is 6. The van der Waals surface area contributed by atoms with Gasteiger partial charge in [0.05, 0.1) is 13.2 Å². The number of nitrogens with zero attached hydrogens (tertiary/aromatic N) is 1. The molecule has 0 aromatic heterocycles. The smallest absolute Gasteiger partial charge is 0.0619 e. The maximum absolute atomic E-state index is 5.45. The third-order valence-electron chi connectivity index (χ3n) is 3.94. The first kappa shape index (κ1) is 12.3. The van der Waals surface area contributed by atoms with Crippen molar-refractivity contribution >= 4 is 0 Å². The van der Waals surface area contributed by atoms with E-state index in [-0.39, 0.29) is 0 Å². The highest BCUT2D eigenvalue weighted by Gasteiger charge is 2.29. The second kappa shape index (κ2) is 5.99. The Morgan fingerprint density at radius 1 is 1.44 bits per heavy atom. The molecular formula is C13H26N2O. The Bertz CT molecular complexity index is 206. The lowest BCUT2D eigenvalue weighted by molar-refractivity contribution is 0.0000806. The van der Waals surface area contributed by atoms with Gasteiger partial charge in [0.25, 0.3) is 0 Å². The predicted octanol–water partition coefficient (Wildman–Crippen LogP) is 1.49. The Morgan fingerprint density at radius 3 is 2.88 bits per heavy atom. The van der Waals surface area contributed by atoms with Crippen molar-refractivity contribution in [3.8, 4) is 0 Å². The Morgan fingerprint density at radius 2 is 2.25 bits per heavy atom. The molecule has 2 fully saturated rings. The maximum Gasteiger partial charge on any atom is 0.0619 e. The quantitative estimate of drug-likeness (QED) is 0.742. The molecule has 1 saturated carbocycles.